The summed E-state index contributed by atoms with van der Waals surface area (Å²) in [4.78, 5) is 20.8. The first-order valence-electron chi connectivity index (χ1n) is 8.62. The number of amides is 1. The fourth-order valence-corrected chi connectivity index (χ4v) is 2.94. The van der Waals surface area contributed by atoms with Gasteiger partial charge in [0.15, 0.2) is 5.82 Å². The Hall–Kier alpha value is -3.22. The Balaban J connectivity index is 1.34. The molecule has 0 aliphatic carbocycles. The molecule has 0 radical (unpaired) electrons. The summed E-state index contributed by atoms with van der Waals surface area (Å²) in [6.07, 6.45) is 4.04. The van der Waals surface area contributed by atoms with Crippen LogP contribution in [0.4, 0.5) is 0 Å². The Morgan fingerprint density at radius 1 is 1.27 bits per heavy atom. The van der Waals surface area contributed by atoms with Crippen molar-refractivity contribution in [1.29, 1.82) is 0 Å². The predicted octanol–water partition coefficient (Wildman–Crippen LogP) is 2.05. The average Bonchev–Trinajstić information content (AvgIpc) is 3.16. The zero-order chi connectivity index (χ0) is 17.8. The predicted molar refractivity (Wildman–Crippen MR) is 95.4 cm³/mol. The molecule has 2 aromatic heterocycles. The van der Waals surface area contributed by atoms with Crippen LogP contribution in [0.5, 0.6) is 5.75 Å². The second kappa shape index (κ2) is 7.35. The van der Waals surface area contributed by atoms with E-state index >= 15 is 0 Å². The Morgan fingerprint density at radius 3 is 3.12 bits per heavy atom. The largest absolute Gasteiger partial charge is 0.493 e. The zero-order valence-corrected chi connectivity index (χ0v) is 14.2. The number of hydrogen-bond donors (Lipinski definition) is 2. The van der Waals surface area contributed by atoms with Crippen LogP contribution in [0.3, 0.4) is 0 Å². The van der Waals surface area contributed by atoms with Crippen molar-refractivity contribution >= 4 is 5.91 Å². The lowest BCUT2D eigenvalue weighted by Crippen LogP contribution is -2.25. The van der Waals surface area contributed by atoms with Crippen molar-refractivity contribution in [3.8, 4) is 17.3 Å². The number of ether oxygens (including phenoxy) is 1. The van der Waals surface area contributed by atoms with Gasteiger partial charge < -0.3 is 10.1 Å². The lowest BCUT2D eigenvalue weighted by molar-refractivity contribution is -0.120. The maximum Gasteiger partial charge on any atom is 0.224 e. The van der Waals surface area contributed by atoms with Crippen molar-refractivity contribution in [2.75, 3.05) is 6.61 Å². The molecule has 4 rings (SSSR count). The van der Waals surface area contributed by atoms with Crippen LogP contribution in [0.25, 0.3) is 11.5 Å². The summed E-state index contributed by atoms with van der Waals surface area (Å²) in [5.74, 6) is 1.99. The van der Waals surface area contributed by atoms with Gasteiger partial charge >= 0.3 is 0 Å². The zero-order valence-electron chi connectivity index (χ0n) is 14.2. The Bertz CT molecular complexity index is 907. The van der Waals surface area contributed by atoms with E-state index in [1.54, 1.807) is 6.20 Å². The highest BCUT2D eigenvalue weighted by Gasteiger charge is 2.13. The van der Waals surface area contributed by atoms with Crippen LogP contribution < -0.4 is 10.1 Å². The molecule has 0 fully saturated rings. The topological polar surface area (TPSA) is 92.8 Å². The summed E-state index contributed by atoms with van der Waals surface area (Å²) in [5.41, 5.74) is 2.85. The minimum Gasteiger partial charge on any atom is -0.493 e. The number of carbonyl (C=O) groups is 1. The van der Waals surface area contributed by atoms with Crippen LogP contribution in [0.2, 0.25) is 0 Å². The van der Waals surface area contributed by atoms with Gasteiger partial charge in [0.1, 0.15) is 17.3 Å². The molecule has 0 unspecified atom stereocenters. The minimum absolute atomic E-state index is 0.0579. The van der Waals surface area contributed by atoms with Gasteiger partial charge in [0.25, 0.3) is 0 Å². The van der Waals surface area contributed by atoms with Crippen LogP contribution in [-0.2, 0) is 24.2 Å². The van der Waals surface area contributed by atoms with Crippen LogP contribution in [0, 0.1) is 0 Å². The summed E-state index contributed by atoms with van der Waals surface area (Å²) in [6.45, 7) is 1.07. The van der Waals surface area contributed by atoms with Gasteiger partial charge in [0, 0.05) is 6.20 Å². The highest BCUT2D eigenvalue weighted by Crippen LogP contribution is 2.25. The Kier molecular flexibility index (Phi) is 4.59. The van der Waals surface area contributed by atoms with E-state index in [9.17, 15) is 4.79 Å². The first kappa shape index (κ1) is 16.3. The molecule has 7 heteroatoms. The van der Waals surface area contributed by atoms with Gasteiger partial charge in [-0.3, -0.25) is 14.9 Å². The number of aromatic nitrogens is 4. The van der Waals surface area contributed by atoms with Crippen LogP contribution in [-0.4, -0.2) is 32.7 Å². The molecule has 1 aliphatic rings. The normalized spacial score (nSPS) is 12.9. The van der Waals surface area contributed by atoms with Crippen molar-refractivity contribution < 1.29 is 9.53 Å². The second-order valence-corrected chi connectivity index (χ2v) is 6.17. The summed E-state index contributed by atoms with van der Waals surface area (Å²) < 4.78 is 5.60. The van der Waals surface area contributed by atoms with Crippen molar-refractivity contribution in [2.24, 2.45) is 0 Å². The summed E-state index contributed by atoms with van der Waals surface area (Å²) in [5, 5.41) is 9.83. The van der Waals surface area contributed by atoms with E-state index in [1.165, 1.54) is 5.56 Å². The molecule has 0 saturated carbocycles. The number of nitrogens with one attached hydrogen (secondary N) is 2. The molecule has 3 heterocycles. The lowest BCUT2D eigenvalue weighted by Gasteiger charge is -2.17. The Morgan fingerprint density at radius 2 is 2.23 bits per heavy atom. The van der Waals surface area contributed by atoms with Gasteiger partial charge in [-0.2, -0.15) is 5.10 Å². The summed E-state index contributed by atoms with van der Waals surface area (Å²) in [6, 6.07) is 11.5. The van der Waals surface area contributed by atoms with Crippen LogP contribution in [0.1, 0.15) is 23.4 Å². The van der Waals surface area contributed by atoms with Crippen molar-refractivity contribution in [1.82, 2.24) is 25.5 Å². The number of aromatic amines is 1. The molecule has 1 amide bonds. The number of hydrogen-bond acceptors (Lipinski definition) is 5. The van der Waals surface area contributed by atoms with E-state index in [0.717, 1.165) is 30.8 Å². The van der Waals surface area contributed by atoms with Gasteiger partial charge in [0.05, 0.1) is 19.6 Å². The number of carbonyl (C=O) groups excluding carboxylic acids is 1. The lowest BCUT2D eigenvalue weighted by atomic mass is 10.0. The molecule has 2 N–H and O–H groups in total. The van der Waals surface area contributed by atoms with E-state index in [2.05, 4.69) is 31.5 Å². The van der Waals surface area contributed by atoms with Gasteiger partial charge in [-0.1, -0.05) is 18.2 Å². The number of aryl methyl sites for hydroxylation is 1. The van der Waals surface area contributed by atoms with Crippen molar-refractivity contribution in [2.45, 2.75) is 25.8 Å². The molecule has 1 aromatic carbocycles. The summed E-state index contributed by atoms with van der Waals surface area (Å²) in [7, 11) is 0. The smallest absolute Gasteiger partial charge is 0.224 e. The molecule has 132 valence electrons. The molecule has 0 spiro atoms. The third-order valence-corrected chi connectivity index (χ3v) is 4.22. The third-order valence-electron chi connectivity index (χ3n) is 4.22. The minimum atomic E-state index is -0.0579. The van der Waals surface area contributed by atoms with E-state index in [0.29, 0.717) is 30.3 Å². The average molecular weight is 349 g/mol. The number of pyridine rings is 1. The molecule has 7 nitrogen and oxygen atoms in total. The number of rotatable bonds is 5. The maximum atomic E-state index is 12.2. The number of fused-ring (bicyclic) bond motifs is 1. The molecular formula is C19H19N5O2. The highest BCUT2D eigenvalue weighted by atomic mass is 16.5. The molecule has 0 saturated heterocycles. The van der Waals surface area contributed by atoms with Crippen LogP contribution in [0.15, 0.2) is 42.6 Å². The van der Waals surface area contributed by atoms with E-state index in [4.69, 9.17) is 4.74 Å². The van der Waals surface area contributed by atoms with E-state index < -0.39 is 0 Å². The fraction of sp³-hybridized carbons (Fsp3) is 0.263. The molecule has 26 heavy (non-hydrogen) atoms. The van der Waals surface area contributed by atoms with Crippen molar-refractivity contribution in [3.63, 3.8) is 0 Å². The standard InChI is InChI=1S/C19H19N5O2/c25-18(11-13-6-7-16-14(10-13)4-3-9-26-16)21-12-17-22-19(24-23-17)15-5-1-2-8-20-15/h1-2,5-8,10H,3-4,9,11-12H2,(H,21,25)(H,22,23,24). The number of nitrogens with zero attached hydrogens (tertiary/aromatic N) is 3. The van der Waals surface area contributed by atoms with Crippen LogP contribution >= 0.6 is 0 Å². The fourth-order valence-electron chi connectivity index (χ4n) is 2.94. The van der Waals surface area contributed by atoms with Gasteiger partial charge in [-0.05, 0) is 42.2 Å². The number of H-pyrrole nitrogens is 1. The monoisotopic (exact) mass is 349 g/mol. The molecule has 0 bridgehead atoms. The SMILES string of the molecule is O=C(Cc1ccc2c(c1)CCCO2)NCc1nc(-c2ccccn2)n[nH]1. The van der Waals surface area contributed by atoms with Gasteiger partial charge in [0.2, 0.25) is 5.91 Å². The molecule has 3 aromatic rings. The maximum absolute atomic E-state index is 12.2. The molecular weight excluding hydrogens is 330 g/mol. The first-order chi connectivity index (χ1) is 12.8. The number of benzene rings is 1. The molecule has 0 atom stereocenters. The van der Waals surface area contributed by atoms with E-state index in [-0.39, 0.29) is 5.91 Å². The summed E-state index contributed by atoms with van der Waals surface area (Å²) >= 11 is 0. The first-order valence-corrected chi connectivity index (χ1v) is 8.62. The molecule has 1 aliphatic heterocycles. The third kappa shape index (κ3) is 3.72. The van der Waals surface area contributed by atoms with E-state index in [1.807, 2.05) is 30.3 Å². The Labute approximate surface area is 150 Å². The van der Waals surface area contributed by atoms with Crippen molar-refractivity contribution in [3.05, 3.63) is 59.5 Å². The second-order valence-electron chi connectivity index (χ2n) is 6.17. The quantitative estimate of drug-likeness (QED) is 0.735. The van der Waals surface area contributed by atoms with Gasteiger partial charge in [-0.15, -0.1) is 0 Å². The van der Waals surface area contributed by atoms with Gasteiger partial charge in [-0.25, -0.2) is 4.98 Å². The highest BCUT2D eigenvalue weighted by molar-refractivity contribution is 5.78.